The number of carboxylic acids is 1. The molecular weight excluding hydrogens is 386 g/mol. The minimum atomic E-state index is -0.854. The molecule has 1 heterocycles. The Labute approximate surface area is 175 Å². The van der Waals surface area contributed by atoms with Crippen LogP contribution in [0, 0.1) is 0 Å². The maximum Gasteiger partial charge on any atom is 0.329 e. The van der Waals surface area contributed by atoms with Crippen molar-refractivity contribution in [1.29, 1.82) is 0 Å². The number of unbranched alkanes of at least 4 members (excludes halogenated alkanes) is 5. The van der Waals surface area contributed by atoms with Gasteiger partial charge < -0.3 is 15.6 Å². The van der Waals surface area contributed by atoms with Gasteiger partial charge in [-0.05, 0) is 37.3 Å². The smallest absolute Gasteiger partial charge is 0.329 e. The molecule has 8 nitrogen and oxygen atoms in total. The lowest BCUT2D eigenvalue weighted by Gasteiger charge is -2.14. The Morgan fingerprint density at radius 1 is 1.13 bits per heavy atom. The highest BCUT2D eigenvalue weighted by Crippen LogP contribution is 2.24. The Morgan fingerprint density at radius 3 is 2.43 bits per heavy atom. The number of carbonyl (C=O) groups is 3. The van der Waals surface area contributed by atoms with Crippen LogP contribution in [0.15, 0.2) is 23.0 Å². The monoisotopic (exact) mass is 417 g/mol. The van der Waals surface area contributed by atoms with E-state index in [9.17, 15) is 19.2 Å². The second-order valence-corrected chi connectivity index (χ2v) is 7.67. The van der Waals surface area contributed by atoms with Gasteiger partial charge in [-0.2, -0.15) is 0 Å². The van der Waals surface area contributed by atoms with Crippen LogP contribution in [-0.2, 0) is 27.9 Å². The van der Waals surface area contributed by atoms with E-state index in [2.05, 4.69) is 0 Å². The number of carbonyl (C=O) groups excluding carboxylic acids is 2. The number of nitrogens with zero attached hydrogens (tertiary/aromatic N) is 2. The third kappa shape index (κ3) is 5.81. The minimum Gasteiger partial charge on any atom is -0.481 e. The maximum absolute atomic E-state index is 12.9. The summed E-state index contributed by atoms with van der Waals surface area (Å²) in [6, 6.07) is 4.81. The Kier molecular flexibility index (Phi) is 8.83. The summed E-state index contributed by atoms with van der Waals surface area (Å²) in [6.07, 6.45) is 7.80. The van der Waals surface area contributed by atoms with Crippen LogP contribution < -0.4 is 11.4 Å². The summed E-state index contributed by atoms with van der Waals surface area (Å²) in [5.41, 5.74) is 7.70. The second-order valence-electron chi connectivity index (χ2n) is 7.67. The van der Waals surface area contributed by atoms with Gasteiger partial charge >= 0.3 is 11.7 Å². The number of aromatic nitrogens is 2. The molecule has 2 aromatic rings. The fourth-order valence-corrected chi connectivity index (χ4v) is 3.95. The normalized spacial score (nSPS) is 12.2. The quantitative estimate of drug-likeness (QED) is 0.361. The van der Waals surface area contributed by atoms with Gasteiger partial charge in [0.15, 0.2) is 0 Å². The van der Waals surface area contributed by atoms with Crippen molar-refractivity contribution in [3.8, 4) is 0 Å². The fraction of sp³-hybridized carbons (Fsp3) is 0.545. The maximum atomic E-state index is 12.9. The zero-order valence-electron chi connectivity index (χ0n) is 17.5. The van der Waals surface area contributed by atoms with Crippen molar-refractivity contribution in [3.63, 3.8) is 0 Å². The molecule has 30 heavy (non-hydrogen) atoms. The first-order chi connectivity index (χ1) is 14.4. The van der Waals surface area contributed by atoms with Gasteiger partial charge in [-0.3, -0.25) is 18.7 Å². The number of primary amides is 1. The van der Waals surface area contributed by atoms with Crippen molar-refractivity contribution in [2.45, 2.75) is 70.3 Å². The highest BCUT2D eigenvalue weighted by molar-refractivity contribution is 5.84. The van der Waals surface area contributed by atoms with Gasteiger partial charge in [-0.1, -0.05) is 37.8 Å². The van der Waals surface area contributed by atoms with Crippen LogP contribution in [0.1, 0.15) is 69.4 Å². The standard InChI is InChI=1S/C22H31N3O5/c1-24-20-16(10-6-4-2-3-5-7-14-19(27)28)11-8-12-17(20)25(22(24)30)18(21(23)29)13-9-15-26/h8,11-12,15,18H,2-7,9-10,13-14H2,1H3,(H2,23,29)(H,27,28). The number of nitrogens with two attached hydrogens (primary N) is 1. The summed E-state index contributed by atoms with van der Waals surface area (Å²) >= 11 is 0. The van der Waals surface area contributed by atoms with Crippen LogP contribution >= 0.6 is 0 Å². The molecule has 0 radical (unpaired) electrons. The van der Waals surface area contributed by atoms with Gasteiger partial charge in [0.2, 0.25) is 5.91 Å². The van der Waals surface area contributed by atoms with E-state index < -0.39 is 17.9 Å². The number of hydrogen-bond acceptors (Lipinski definition) is 4. The van der Waals surface area contributed by atoms with Crippen molar-refractivity contribution in [1.82, 2.24) is 9.13 Å². The van der Waals surface area contributed by atoms with Crippen LogP contribution in [0.25, 0.3) is 11.0 Å². The van der Waals surface area contributed by atoms with Gasteiger partial charge in [0.05, 0.1) is 11.0 Å². The summed E-state index contributed by atoms with van der Waals surface area (Å²) < 4.78 is 2.96. The topological polar surface area (TPSA) is 124 Å². The third-order valence-corrected chi connectivity index (χ3v) is 5.47. The van der Waals surface area contributed by atoms with Crippen molar-refractivity contribution < 1.29 is 19.5 Å². The van der Waals surface area contributed by atoms with Crippen molar-refractivity contribution in [2.24, 2.45) is 12.8 Å². The lowest BCUT2D eigenvalue weighted by molar-refractivity contribution is -0.137. The summed E-state index contributed by atoms with van der Waals surface area (Å²) in [7, 11) is 1.69. The number of imidazole rings is 1. The summed E-state index contributed by atoms with van der Waals surface area (Å²) in [5, 5.41) is 8.65. The Morgan fingerprint density at radius 2 is 1.80 bits per heavy atom. The Hall–Kier alpha value is -2.90. The molecule has 0 saturated carbocycles. The van der Waals surface area contributed by atoms with Crippen LogP contribution in [0.4, 0.5) is 0 Å². The van der Waals surface area contributed by atoms with Crippen LogP contribution in [0.3, 0.4) is 0 Å². The van der Waals surface area contributed by atoms with E-state index >= 15 is 0 Å². The van der Waals surface area contributed by atoms with Crippen LogP contribution in [-0.4, -0.2) is 32.4 Å². The first-order valence-corrected chi connectivity index (χ1v) is 10.5. The van der Waals surface area contributed by atoms with Crippen LogP contribution in [0.2, 0.25) is 0 Å². The first-order valence-electron chi connectivity index (χ1n) is 10.5. The summed E-state index contributed by atoms with van der Waals surface area (Å²) in [6.45, 7) is 0. The van der Waals surface area contributed by atoms with Gasteiger partial charge in [0, 0.05) is 19.9 Å². The number of aldehydes is 1. The molecule has 0 bridgehead atoms. The molecule has 164 valence electrons. The van der Waals surface area contributed by atoms with Crippen molar-refractivity contribution >= 4 is 29.2 Å². The average molecular weight is 418 g/mol. The van der Waals surface area contributed by atoms with Crippen molar-refractivity contribution in [3.05, 3.63) is 34.2 Å². The van der Waals surface area contributed by atoms with E-state index in [1.165, 1.54) is 4.57 Å². The second kappa shape index (κ2) is 11.3. The minimum absolute atomic E-state index is 0.155. The Balaban J connectivity index is 2.10. The summed E-state index contributed by atoms with van der Waals surface area (Å²) in [5.74, 6) is -1.37. The number of carboxylic acid groups (broad SMARTS) is 1. The van der Waals surface area contributed by atoms with Gasteiger partial charge in [0.1, 0.15) is 12.3 Å². The molecule has 3 N–H and O–H groups in total. The molecule has 0 fully saturated rings. The predicted octanol–water partition coefficient (Wildman–Crippen LogP) is 2.70. The molecule has 0 aliphatic carbocycles. The molecule has 2 rings (SSSR count). The first kappa shape index (κ1) is 23.4. The van der Waals surface area contributed by atoms with E-state index in [1.807, 2.05) is 12.1 Å². The van der Waals surface area contributed by atoms with E-state index in [-0.39, 0.29) is 25.0 Å². The van der Waals surface area contributed by atoms with Gasteiger partial charge in [-0.25, -0.2) is 4.79 Å². The zero-order valence-corrected chi connectivity index (χ0v) is 17.5. The van der Waals surface area contributed by atoms with E-state index in [0.717, 1.165) is 62.3 Å². The lowest BCUT2D eigenvalue weighted by atomic mass is 10.0. The predicted molar refractivity (Wildman–Crippen MR) is 114 cm³/mol. The molecule has 1 amide bonds. The number of aryl methyl sites for hydroxylation is 2. The average Bonchev–Trinajstić information content (AvgIpc) is 2.95. The molecule has 1 aromatic carbocycles. The number of amides is 1. The SMILES string of the molecule is Cn1c(=O)n(C(CCC=O)C(N)=O)c2cccc(CCCCCCCCC(=O)O)c21. The number of para-hydroxylation sites is 1. The number of rotatable bonds is 14. The van der Waals surface area contributed by atoms with Crippen molar-refractivity contribution in [2.75, 3.05) is 0 Å². The molecule has 0 spiro atoms. The number of fused-ring (bicyclic) bond motifs is 1. The zero-order chi connectivity index (χ0) is 22.1. The number of aliphatic carboxylic acids is 1. The van der Waals surface area contributed by atoms with Gasteiger partial charge in [-0.15, -0.1) is 0 Å². The van der Waals surface area contributed by atoms with Gasteiger partial charge in [0.25, 0.3) is 0 Å². The number of benzene rings is 1. The molecule has 8 heteroatoms. The van der Waals surface area contributed by atoms with E-state index in [1.54, 1.807) is 17.7 Å². The summed E-state index contributed by atoms with van der Waals surface area (Å²) in [4.78, 5) is 46.1. The third-order valence-electron chi connectivity index (χ3n) is 5.47. The van der Waals surface area contributed by atoms with E-state index in [4.69, 9.17) is 10.8 Å². The van der Waals surface area contributed by atoms with Crippen LogP contribution in [0.5, 0.6) is 0 Å². The molecule has 0 saturated heterocycles. The largest absolute Gasteiger partial charge is 0.481 e. The Bertz CT molecular complexity index is 944. The number of hydrogen-bond donors (Lipinski definition) is 2. The molecular formula is C22H31N3O5. The highest BCUT2D eigenvalue weighted by atomic mass is 16.4. The molecule has 0 aliphatic rings. The molecule has 1 atom stereocenters. The molecule has 1 aromatic heterocycles. The molecule has 1 unspecified atom stereocenters. The fourth-order valence-electron chi connectivity index (χ4n) is 3.95. The molecule has 0 aliphatic heterocycles. The van der Waals surface area contributed by atoms with E-state index in [0.29, 0.717) is 5.52 Å². The lowest BCUT2D eigenvalue weighted by Crippen LogP contribution is -2.34. The highest BCUT2D eigenvalue weighted by Gasteiger charge is 2.24.